The van der Waals surface area contributed by atoms with Gasteiger partial charge >= 0.3 is 0 Å². The minimum absolute atomic E-state index is 0.131. The van der Waals surface area contributed by atoms with Gasteiger partial charge in [0.2, 0.25) is 0 Å². The summed E-state index contributed by atoms with van der Waals surface area (Å²) >= 11 is 0. The van der Waals surface area contributed by atoms with E-state index in [9.17, 15) is 4.57 Å². The predicted octanol–water partition coefficient (Wildman–Crippen LogP) is 6.34. The van der Waals surface area contributed by atoms with E-state index >= 15 is 0 Å². The van der Waals surface area contributed by atoms with Crippen LogP contribution < -0.4 is 0 Å². The SMILES string of the molecule is Cc1cc(C)cc(C2CCC(c3cc(C)cc(C)c3)P2(=O)N(C)C)c1. The molecule has 1 aliphatic heterocycles. The highest BCUT2D eigenvalue weighted by Gasteiger charge is 2.49. The zero-order valence-electron chi connectivity index (χ0n) is 16.3. The molecule has 2 unspecified atom stereocenters. The molecule has 1 saturated heterocycles. The van der Waals surface area contributed by atoms with Crippen LogP contribution in [0.1, 0.15) is 57.5 Å². The van der Waals surface area contributed by atoms with E-state index in [0.29, 0.717) is 0 Å². The van der Waals surface area contributed by atoms with E-state index in [2.05, 4.69) is 64.1 Å². The predicted molar refractivity (Wildman–Crippen MR) is 108 cm³/mol. The molecule has 1 fully saturated rings. The summed E-state index contributed by atoms with van der Waals surface area (Å²) < 4.78 is 16.4. The van der Waals surface area contributed by atoms with Gasteiger partial charge in [0.15, 0.2) is 7.29 Å². The first-order chi connectivity index (χ1) is 11.7. The summed E-state index contributed by atoms with van der Waals surface area (Å²) in [6, 6.07) is 13.3. The van der Waals surface area contributed by atoms with E-state index in [1.165, 1.54) is 33.4 Å². The molecule has 2 atom stereocenters. The fourth-order valence-electron chi connectivity index (χ4n) is 4.63. The molecule has 0 N–H and O–H groups in total. The van der Waals surface area contributed by atoms with Gasteiger partial charge in [0.05, 0.1) is 11.3 Å². The molecule has 134 valence electrons. The van der Waals surface area contributed by atoms with Crippen molar-refractivity contribution in [2.45, 2.75) is 51.9 Å². The Labute approximate surface area is 152 Å². The molecule has 0 spiro atoms. The number of hydrogen-bond acceptors (Lipinski definition) is 1. The standard InChI is InChI=1S/C22H30NOP/c1-15-9-16(2)12-19(11-15)21-7-8-22(25(21,24)23(5)6)20-13-17(3)10-18(4)14-20/h9-14,21-22H,7-8H2,1-6H3. The van der Waals surface area contributed by atoms with Crippen molar-refractivity contribution >= 4 is 7.29 Å². The van der Waals surface area contributed by atoms with Crippen molar-refractivity contribution in [1.82, 2.24) is 4.67 Å². The fourth-order valence-corrected chi connectivity index (χ4v) is 8.37. The first kappa shape index (κ1) is 18.4. The monoisotopic (exact) mass is 355 g/mol. The summed E-state index contributed by atoms with van der Waals surface area (Å²) in [6.45, 7) is 8.53. The lowest BCUT2D eigenvalue weighted by atomic mass is 9.99. The molecular formula is C22H30NOP. The second kappa shape index (κ2) is 6.74. The third-order valence-corrected chi connectivity index (χ3v) is 9.64. The minimum atomic E-state index is -2.55. The van der Waals surface area contributed by atoms with Crippen molar-refractivity contribution in [3.8, 4) is 0 Å². The molecule has 3 heteroatoms. The van der Waals surface area contributed by atoms with Crippen LogP contribution in [-0.2, 0) is 4.57 Å². The van der Waals surface area contributed by atoms with Gasteiger partial charge in [-0.25, -0.2) is 0 Å². The van der Waals surface area contributed by atoms with Gasteiger partial charge in [-0.2, -0.15) is 0 Å². The second-order valence-corrected chi connectivity index (χ2v) is 11.4. The van der Waals surface area contributed by atoms with Crippen molar-refractivity contribution in [2.75, 3.05) is 14.1 Å². The summed E-state index contributed by atoms with van der Waals surface area (Å²) in [4.78, 5) is 0. The molecule has 2 nitrogen and oxygen atoms in total. The van der Waals surface area contributed by atoms with Gasteiger partial charge in [-0.05, 0) is 65.8 Å². The lowest BCUT2D eigenvalue weighted by Gasteiger charge is -2.32. The number of hydrogen-bond donors (Lipinski definition) is 0. The maximum absolute atomic E-state index is 14.3. The average molecular weight is 355 g/mol. The van der Waals surface area contributed by atoms with E-state index in [-0.39, 0.29) is 11.3 Å². The van der Waals surface area contributed by atoms with Crippen LogP contribution in [0.3, 0.4) is 0 Å². The Bertz CT molecular complexity index is 736. The third kappa shape index (κ3) is 3.35. The third-order valence-electron chi connectivity index (χ3n) is 5.49. The molecular weight excluding hydrogens is 325 g/mol. The van der Waals surface area contributed by atoms with Crippen LogP contribution >= 0.6 is 7.29 Å². The van der Waals surface area contributed by atoms with E-state index in [1.807, 2.05) is 18.8 Å². The minimum Gasteiger partial charge on any atom is -0.305 e. The Morgan fingerprint density at radius 3 is 1.32 bits per heavy atom. The Kier molecular flexibility index (Phi) is 4.97. The highest BCUT2D eigenvalue weighted by molar-refractivity contribution is 7.62. The Hall–Kier alpha value is -1.37. The summed E-state index contributed by atoms with van der Waals surface area (Å²) in [5.74, 6) is 0. The summed E-state index contributed by atoms with van der Waals surface area (Å²) in [5.41, 5.74) is 7.80. The van der Waals surface area contributed by atoms with Crippen molar-refractivity contribution in [2.24, 2.45) is 0 Å². The van der Waals surface area contributed by atoms with Crippen LogP contribution in [0.25, 0.3) is 0 Å². The molecule has 0 aliphatic carbocycles. The first-order valence-corrected chi connectivity index (χ1v) is 10.9. The van der Waals surface area contributed by atoms with Gasteiger partial charge in [0, 0.05) is 0 Å². The lowest BCUT2D eigenvalue weighted by molar-refractivity contribution is 0.502. The fraction of sp³-hybridized carbons (Fsp3) is 0.455. The van der Waals surface area contributed by atoms with Crippen molar-refractivity contribution in [3.05, 3.63) is 69.8 Å². The normalized spacial score (nSPS) is 26.4. The van der Waals surface area contributed by atoms with Crippen molar-refractivity contribution in [1.29, 1.82) is 0 Å². The number of rotatable bonds is 3. The van der Waals surface area contributed by atoms with Crippen LogP contribution in [0.2, 0.25) is 0 Å². The Morgan fingerprint density at radius 1 is 0.720 bits per heavy atom. The zero-order valence-corrected chi connectivity index (χ0v) is 17.2. The molecule has 2 aromatic carbocycles. The molecule has 0 radical (unpaired) electrons. The Morgan fingerprint density at radius 2 is 1.04 bits per heavy atom. The molecule has 1 aliphatic rings. The van der Waals surface area contributed by atoms with Crippen molar-refractivity contribution in [3.63, 3.8) is 0 Å². The smallest absolute Gasteiger partial charge is 0.164 e. The average Bonchev–Trinajstić information content (AvgIpc) is 2.84. The number of benzene rings is 2. The van der Waals surface area contributed by atoms with Gasteiger partial charge in [0.1, 0.15) is 0 Å². The quantitative estimate of drug-likeness (QED) is 0.599. The van der Waals surface area contributed by atoms with Crippen molar-refractivity contribution < 1.29 is 4.57 Å². The van der Waals surface area contributed by atoms with Gasteiger partial charge in [-0.1, -0.05) is 58.7 Å². The topological polar surface area (TPSA) is 20.3 Å². The van der Waals surface area contributed by atoms with Crippen LogP contribution in [0, 0.1) is 27.7 Å². The van der Waals surface area contributed by atoms with Crippen LogP contribution in [0.15, 0.2) is 36.4 Å². The highest BCUT2D eigenvalue weighted by atomic mass is 31.2. The molecule has 0 bridgehead atoms. The number of aryl methyl sites for hydroxylation is 4. The molecule has 0 amide bonds. The van der Waals surface area contributed by atoms with Gasteiger partial charge in [-0.3, -0.25) is 4.67 Å². The first-order valence-electron chi connectivity index (χ1n) is 9.15. The molecule has 3 rings (SSSR count). The van der Waals surface area contributed by atoms with E-state index in [1.54, 1.807) is 0 Å². The largest absolute Gasteiger partial charge is 0.305 e. The summed E-state index contributed by atoms with van der Waals surface area (Å²) in [6.07, 6.45) is 1.99. The molecule has 1 heterocycles. The van der Waals surface area contributed by atoms with Gasteiger partial charge in [-0.15, -0.1) is 0 Å². The molecule has 25 heavy (non-hydrogen) atoms. The Balaban J connectivity index is 2.10. The maximum Gasteiger partial charge on any atom is 0.164 e. The van der Waals surface area contributed by atoms with Crippen LogP contribution in [-0.4, -0.2) is 18.8 Å². The summed E-state index contributed by atoms with van der Waals surface area (Å²) in [7, 11) is 1.44. The van der Waals surface area contributed by atoms with E-state index in [4.69, 9.17) is 0 Å². The van der Waals surface area contributed by atoms with Crippen LogP contribution in [0.5, 0.6) is 0 Å². The van der Waals surface area contributed by atoms with Crippen LogP contribution in [0.4, 0.5) is 0 Å². The highest BCUT2D eigenvalue weighted by Crippen LogP contribution is 2.77. The van der Waals surface area contributed by atoms with E-state index in [0.717, 1.165) is 12.8 Å². The van der Waals surface area contributed by atoms with Gasteiger partial charge in [0.25, 0.3) is 0 Å². The lowest BCUT2D eigenvalue weighted by Crippen LogP contribution is -2.15. The molecule has 2 aromatic rings. The number of nitrogens with zero attached hydrogens (tertiary/aromatic N) is 1. The van der Waals surface area contributed by atoms with E-state index < -0.39 is 7.29 Å². The maximum atomic E-state index is 14.3. The second-order valence-electron chi connectivity index (χ2n) is 7.97. The van der Waals surface area contributed by atoms with Gasteiger partial charge < -0.3 is 4.57 Å². The summed E-state index contributed by atoms with van der Waals surface area (Å²) in [5, 5.41) is 0. The molecule has 0 aromatic heterocycles. The zero-order chi connectivity index (χ0) is 18.4. The molecule has 0 saturated carbocycles.